The van der Waals surface area contributed by atoms with E-state index < -0.39 is 0 Å². The van der Waals surface area contributed by atoms with Crippen molar-refractivity contribution in [3.8, 4) is 0 Å². The molecule has 76 valence electrons. The monoisotopic (exact) mass is 187 g/mol. The molecule has 13 heavy (non-hydrogen) atoms. The van der Waals surface area contributed by atoms with Crippen molar-refractivity contribution in [1.82, 2.24) is 5.32 Å². The van der Waals surface area contributed by atoms with Gasteiger partial charge in [0, 0.05) is 6.54 Å². The van der Waals surface area contributed by atoms with Gasteiger partial charge >= 0.3 is 5.97 Å². The van der Waals surface area contributed by atoms with Crippen molar-refractivity contribution in [3.05, 3.63) is 0 Å². The summed E-state index contributed by atoms with van der Waals surface area (Å²) in [5.41, 5.74) is -0.209. The second-order valence-corrected chi connectivity index (χ2v) is 4.18. The van der Waals surface area contributed by atoms with Crippen molar-refractivity contribution in [2.75, 3.05) is 13.7 Å². The van der Waals surface area contributed by atoms with Crippen molar-refractivity contribution in [2.24, 2.45) is 0 Å². The Balaban J connectivity index is 2.41. The summed E-state index contributed by atoms with van der Waals surface area (Å²) in [6.45, 7) is 6.63. The van der Waals surface area contributed by atoms with Gasteiger partial charge in [0.1, 0.15) is 6.04 Å². The molecule has 1 aliphatic heterocycles. The minimum absolute atomic E-state index is 0.0487. The summed E-state index contributed by atoms with van der Waals surface area (Å²) in [5.74, 6) is -0.250. The SMILES string of the molecule is COC(=O)[C@@H]1NC[C@H]1OC(C)(C)C. The summed E-state index contributed by atoms with van der Waals surface area (Å²) in [6, 6.07) is -0.288. The summed E-state index contributed by atoms with van der Waals surface area (Å²) in [6.07, 6.45) is -0.0487. The lowest BCUT2D eigenvalue weighted by Gasteiger charge is -2.39. The van der Waals surface area contributed by atoms with Crippen LogP contribution in [0.25, 0.3) is 0 Å². The minimum Gasteiger partial charge on any atom is -0.468 e. The average molecular weight is 187 g/mol. The highest BCUT2D eigenvalue weighted by molar-refractivity contribution is 5.77. The van der Waals surface area contributed by atoms with E-state index in [9.17, 15) is 4.79 Å². The number of methoxy groups -OCH3 is 1. The number of hydrogen-bond donors (Lipinski definition) is 1. The normalized spacial score (nSPS) is 28.0. The first-order valence-electron chi connectivity index (χ1n) is 4.43. The third kappa shape index (κ3) is 2.67. The molecule has 2 atom stereocenters. The molecule has 0 aromatic heterocycles. The Morgan fingerprint density at radius 2 is 2.08 bits per heavy atom. The van der Waals surface area contributed by atoms with E-state index in [0.29, 0.717) is 0 Å². The molecule has 0 radical (unpaired) electrons. The predicted octanol–water partition coefficient (Wildman–Crippen LogP) is 0.315. The Morgan fingerprint density at radius 3 is 2.38 bits per heavy atom. The van der Waals surface area contributed by atoms with Crippen LogP contribution in [0.4, 0.5) is 0 Å². The molecule has 0 aromatic rings. The van der Waals surface area contributed by atoms with Crippen LogP contribution in [0.2, 0.25) is 0 Å². The van der Waals surface area contributed by atoms with E-state index in [1.165, 1.54) is 7.11 Å². The van der Waals surface area contributed by atoms with E-state index in [1.54, 1.807) is 0 Å². The van der Waals surface area contributed by atoms with Crippen LogP contribution < -0.4 is 5.32 Å². The number of hydrogen-bond acceptors (Lipinski definition) is 4. The lowest BCUT2D eigenvalue weighted by molar-refractivity contribution is -0.160. The lowest BCUT2D eigenvalue weighted by atomic mass is 10.0. The first-order valence-corrected chi connectivity index (χ1v) is 4.43. The van der Waals surface area contributed by atoms with Crippen molar-refractivity contribution >= 4 is 5.97 Å². The quantitative estimate of drug-likeness (QED) is 0.632. The largest absolute Gasteiger partial charge is 0.468 e. The molecular formula is C9H17NO3. The molecule has 4 heteroatoms. The van der Waals surface area contributed by atoms with Gasteiger partial charge in [-0.1, -0.05) is 0 Å². The number of nitrogens with one attached hydrogen (secondary N) is 1. The Labute approximate surface area is 78.6 Å². The van der Waals surface area contributed by atoms with Gasteiger partial charge in [-0.15, -0.1) is 0 Å². The maximum Gasteiger partial charge on any atom is 0.325 e. The summed E-state index contributed by atoms with van der Waals surface area (Å²) in [5, 5.41) is 2.97. The van der Waals surface area contributed by atoms with E-state index in [-0.39, 0.29) is 23.7 Å². The summed E-state index contributed by atoms with van der Waals surface area (Å²) in [7, 11) is 1.39. The van der Waals surface area contributed by atoms with Gasteiger partial charge in [-0.2, -0.15) is 0 Å². The van der Waals surface area contributed by atoms with Gasteiger partial charge in [0.15, 0.2) is 0 Å². The Bertz CT molecular complexity index is 198. The maximum atomic E-state index is 11.1. The maximum absolute atomic E-state index is 11.1. The Morgan fingerprint density at radius 1 is 1.46 bits per heavy atom. The van der Waals surface area contributed by atoms with Crippen LogP contribution in [0, 0.1) is 0 Å². The third-order valence-corrected chi connectivity index (χ3v) is 1.87. The number of ether oxygens (including phenoxy) is 2. The molecule has 1 rings (SSSR count). The standard InChI is InChI=1S/C9H17NO3/c1-9(2,3)13-6-5-10-7(6)8(11)12-4/h6-7,10H,5H2,1-4H3/t6-,7-/m1/s1. The van der Waals surface area contributed by atoms with E-state index in [2.05, 4.69) is 10.1 Å². The Hall–Kier alpha value is -0.610. The number of rotatable bonds is 2. The van der Waals surface area contributed by atoms with E-state index in [4.69, 9.17) is 4.74 Å². The molecule has 0 unspecified atom stereocenters. The molecule has 0 saturated carbocycles. The topological polar surface area (TPSA) is 47.6 Å². The summed E-state index contributed by atoms with van der Waals surface area (Å²) >= 11 is 0. The molecule has 0 aromatic carbocycles. The zero-order valence-corrected chi connectivity index (χ0v) is 8.59. The summed E-state index contributed by atoms with van der Waals surface area (Å²) < 4.78 is 10.3. The van der Waals surface area contributed by atoms with Crippen LogP contribution in [0.5, 0.6) is 0 Å². The highest BCUT2D eigenvalue weighted by atomic mass is 16.5. The molecule has 0 spiro atoms. The van der Waals surface area contributed by atoms with Crippen LogP contribution in [-0.2, 0) is 14.3 Å². The molecule has 0 bridgehead atoms. The lowest BCUT2D eigenvalue weighted by Crippen LogP contribution is -2.64. The van der Waals surface area contributed by atoms with Crippen LogP contribution in [0.1, 0.15) is 20.8 Å². The molecule has 1 heterocycles. The first-order chi connectivity index (χ1) is 5.94. The van der Waals surface area contributed by atoms with Crippen LogP contribution in [0.3, 0.4) is 0 Å². The van der Waals surface area contributed by atoms with Gasteiger partial charge < -0.3 is 9.47 Å². The van der Waals surface area contributed by atoms with E-state index in [0.717, 1.165) is 6.54 Å². The van der Waals surface area contributed by atoms with Crippen LogP contribution >= 0.6 is 0 Å². The van der Waals surface area contributed by atoms with E-state index in [1.807, 2.05) is 20.8 Å². The third-order valence-electron chi connectivity index (χ3n) is 1.87. The van der Waals surface area contributed by atoms with Gasteiger partial charge in [0.05, 0.1) is 18.8 Å². The van der Waals surface area contributed by atoms with Crippen molar-refractivity contribution < 1.29 is 14.3 Å². The van der Waals surface area contributed by atoms with E-state index >= 15 is 0 Å². The first kappa shape index (κ1) is 10.5. The van der Waals surface area contributed by atoms with Crippen molar-refractivity contribution in [3.63, 3.8) is 0 Å². The van der Waals surface area contributed by atoms with Gasteiger partial charge in [0.2, 0.25) is 0 Å². The van der Waals surface area contributed by atoms with Crippen molar-refractivity contribution in [2.45, 2.75) is 38.5 Å². The van der Waals surface area contributed by atoms with Crippen LogP contribution in [-0.4, -0.2) is 37.4 Å². The zero-order chi connectivity index (χ0) is 10.1. The molecular weight excluding hydrogens is 170 g/mol. The second-order valence-electron chi connectivity index (χ2n) is 4.18. The number of esters is 1. The highest BCUT2D eigenvalue weighted by Crippen LogP contribution is 2.18. The smallest absolute Gasteiger partial charge is 0.325 e. The predicted molar refractivity (Wildman–Crippen MR) is 48.4 cm³/mol. The van der Waals surface area contributed by atoms with Crippen molar-refractivity contribution in [1.29, 1.82) is 0 Å². The molecule has 0 aliphatic carbocycles. The zero-order valence-electron chi connectivity index (χ0n) is 8.59. The fraction of sp³-hybridized carbons (Fsp3) is 0.889. The molecule has 0 amide bonds. The fourth-order valence-electron chi connectivity index (χ4n) is 1.26. The highest BCUT2D eigenvalue weighted by Gasteiger charge is 2.39. The molecule has 1 aliphatic rings. The van der Waals surface area contributed by atoms with Crippen LogP contribution in [0.15, 0.2) is 0 Å². The summed E-state index contributed by atoms with van der Waals surface area (Å²) in [4.78, 5) is 11.1. The fourth-order valence-corrected chi connectivity index (χ4v) is 1.26. The number of carbonyl (C=O) groups excluding carboxylic acids is 1. The Kier molecular flexibility index (Phi) is 2.93. The minimum atomic E-state index is -0.288. The molecule has 1 saturated heterocycles. The molecule has 1 N–H and O–H groups in total. The van der Waals surface area contributed by atoms with Gasteiger partial charge in [-0.3, -0.25) is 10.1 Å². The van der Waals surface area contributed by atoms with Gasteiger partial charge in [-0.25, -0.2) is 0 Å². The van der Waals surface area contributed by atoms with Gasteiger partial charge in [0.25, 0.3) is 0 Å². The molecule has 1 fully saturated rings. The number of carbonyl (C=O) groups is 1. The van der Waals surface area contributed by atoms with Gasteiger partial charge in [-0.05, 0) is 20.8 Å². The second kappa shape index (κ2) is 3.64. The average Bonchev–Trinajstić information content (AvgIpc) is 1.96. The molecule has 4 nitrogen and oxygen atoms in total.